The average Bonchev–Trinajstić information content (AvgIpc) is 3.36. The molecule has 0 bridgehead atoms. The largest absolute Gasteiger partial charge is 0.497 e. The normalized spacial score (nSPS) is 17.5. The molecule has 1 saturated heterocycles. The molecule has 0 spiro atoms. The molecule has 0 amide bonds. The van der Waals surface area contributed by atoms with Gasteiger partial charge in [-0.3, -0.25) is 4.98 Å². The van der Waals surface area contributed by atoms with Crippen molar-refractivity contribution in [2.75, 3.05) is 12.0 Å². The molecule has 2 aromatic heterocycles. The fourth-order valence-corrected chi connectivity index (χ4v) is 5.52. The van der Waals surface area contributed by atoms with Crippen LogP contribution in [0.15, 0.2) is 72.9 Å². The zero-order valence-corrected chi connectivity index (χ0v) is 21.7. The van der Waals surface area contributed by atoms with Gasteiger partial charge in [0.05, 0.1) is 24.9 Å². The number of ether oxygens (including phenoxy) is 1. The second-order valence-corrected chi connectivity index (χ2v) is 9.54. The lowest BCUT2D eigenvalue weighted by Gasteiger charge is -2.28. The first-order chi connectivity index (χ1) is 16.9. The van der Waals surface area contributed by atoms with E-state index in [1.54, 1.807) is 7.11 Å². The number of nitrogens with zero attached hydrogens (tertiary/aromatic N) is 3. The summed E-state index contributed by atoms with van der Waals surface area (Å²) in [6.45, 7) is 6.34. The van der Waals surface area contributed by atoms with E-state index < -0.39 is 0 Å². The van der Waals surface area contributed by atoms with E-state index in [1.165, 1.54) is 5.56 Å². The van der Waals surface area contributed by atoms with Gasteiger partial charge in [-0.2, -0.15) is 0 Å². The van der Waals surface area contributed by atoms with Crippen molar-refractivity contribution in [1.82, 2.24) is 14.9 Å². The van der Waals surface area contributed by atoms with Gasteiger partial charge in [0.1, 0.15) is 5.75 Å². The van der Waals surface area contributed by atoms with Gasteiger partial charge in [0, 0.05) is 40.0 Å². The van der Waals surface area contributed by atoms with E-state index in [1.807, 2.05) is 54.7 Å². The number of hydrogen-bond donors (Lipinski definition) is 1. The topological polar surface area (TPSA) is 42.3 Å². The second-order valence-electron chi connectivity index (χ2n) is 8.74. The Hall–Kier alpha value is -3.35. The van der Waals surface area contributed by atoms with Crippen LogP contribution in [0.25, 0.3) is 5.69 Å². The molecule has 1 N–H and O–H groups in total. The standard InChI is InChI=1S/C28H27ClN4OS/c1-17-15-22(19(3)32(17)25-13-8-11-23(29)18(25)2)27-26(24-12-5-6-14-30-24)31-28(35)33(27)20-9-7-10-21(16-20)34-4/h5-16,26-27H,1-4H3,(H,31,35)/t26-,27-/m0/s1. The van der Waals surface area contributed by atoms with Crippen molar-refractivity contribution in [3.8, 4) is 11.4 Å². The zero-order chi connectivity index (χ0) is 24.7. The van der Waals surface area contributed by atoms with Gasteiger partial charge in [-0.1, -0.05) is 29.8 Å². The smallest absolute Gasteiger partial charge is 0.174 e. The van der Waals surface area contributed by atoms with Crippen molar-refractivity contribution >= 4 is 34.6 Å². The molecule has 3 heterocycles. The lowest BCUT2D eigenvalue weighted by Crippen LogP contribution is -2.29. The molecular weight excluding hydrogens is 476 g/mol. The molecule has 0 aliphatic carbocycles. The minimum atomic E-state index is -0.121. The maximum Gasteiger partial charge on any atom is 0.174 e. The molecule has 1 fully saturated rings. The van der Waals surface area contributed by atoms with E-state index in [9.17, 15) is 0 Å². The van der Waals surface area contributed by atoms with Crippen LogP contribution < -0.4 is 15.0 Å². The fraction of sp³-hybridized carbons (Fsp3) is 0.214. The van der Waals surface area contributed by atoms with Crippen LogP contribution in [0.4, 0.5) is 5.69 Å². The number of methoxy groups -OCH3 is 1. The molecule has 2 atom stereocenters. The Kier molecular flexibility index (Phi) is 6.26. The van der Waals surface area contributed by atoms with E-state index in [0.717, 1.165) is 44.8 Å². The van der Waals surface area contributed by atoms with Crippen molar-refractivity contribution < 1.29 is 4.74 Å². The van der Waals surface area contributed by atoms with Crippen LogP contribution in [0.1, 0.15) is 40.3 Å². The van der Waals surface area contributed by atoms with Crippen LogP contribution in [-0.2, 0) is 0 Å². The first-order valence-corrected chi connectivity index (χ1v) is 12.3. The molecule has 0 radical (unpaired) electrons. The minimum Gasteiger partial charge on any atom is -0.497 e. The maximum absolute atomic E-state index is 6.49. The number of benzene rings is 2. The van der Waals surface area contributed by atoms with Gasteiger partial charge in [-0.25, -0.2) is 0 Å². The Balaban J connectivity index is 1.70. The van der Waals surface area contributed by atoms with Crippen LogP contribution in [0.5, 0.6) is 5.75 Å². The van der Waals surface area contributed by atoms with Gasteiger partial charge in [0.15, 0.2) is 5.11 Å². The van der Waals surface area contributed by atoms with Crippen LogP contribution in [0, 0.1) is 20.8 Å². The number of aromatic nitrogens is 2. The molecule has 0 unspecified atom stereocenters. The number of hydrogen-bond acceptors (Lipinski definition) is 3. The van der Waals surface area contributed by atoms with Crippen LogP contribution in [-0.4, -0.2) is 21.8 Å². The number of thiocarbonyl (C=S) groups is 1. The molecule has 0 saturated carbocycles. The Morgan fingerprint density at radius 2 is 1.80 bits per heavy atom. The predicted molar refractivity (Wildman–Crippen MR) is 146 cm³/mol. The van der Waals surface area contributed by atoms with Gasteiger partial charge in [-0.15, -0.1) is 0 Å². The molecular formula is C28H27ClN4OS. The quantitative estimate of drug-likeness (QED) is 0.310. The second kappa shape index (κ2) is 9.36. The first kappa shape index (κ1) is 23.4. The summed E-state index contributed by atoms with van der Waals surface area (Å²) in [6.07, 6.45) is 1.82. The van der Waals surface area contributed by atoms with Crippen molar-refractivity contribution in [2.24, 2.45) is 0 Å². The summed E-state index contributed by atoms with van der Waals surface area (Å²) in [6, 6.07) is 22.0. The number of pyridine rings is 1. The summed E-state index contributed by atoms with van der Waals surface area (Å²) in [7, 11) is 1.68. The third kappa shape index (κ3) is 4.07. The van der Waals surface area contributed by atoms with Crippen molar-refractivity contribution in [2.45, 2.75) is 32.9 Å². The highest BCUT2D eigenvalue weighted by atomic mass is 35.5. The van der Waals surface area contributed by atoms with E-state index in [4.69, 9.17) is 28.6 Å². The van der Waals surface area contributed by atoms with E-state index in [0.29, 0.717) is 5.11 Å². The predicted octanol–water partition coefficient (Wildman–Crippen LogP) is 6.64. The van der Waals surface area contributed by atoms with Crippen molar-refractivity contribution in [1.29, 1.82) is 0 Å². The third-order valence-electron chi connectivity index (χ3n) is 6.70. The average molecular weight is 503 g/mol. The van der Waals surface area contributed by atoms with E-state index in [2.05, 4.69) is 58.7 Å². The highest BCUT2D eigenvalue weighted by Gasteiger charge is 2.42. The SMILES string of the molecule is COc1cccc(N2C(=S)N[C@@H](c3ccccn3)[C@@H]2c2cc(C)n(-c3cccc(Cl)c3C)c2C)c1. The van der Waals surface area contributed by atoms with Crippen LogP contribution >= 0.6 is 23.8 Å². The zero-order valence-electron chi connectivity index (χ0n) is 20.1. The summed E-state index contributed by atoms with van der Waals surface area (Å²) >= 11 is 12.4. The summed E-state index contributed by atoms with van der Waals surface area (Å²) in [5.41, 5.74) is 7.48. The molecule has 35 heavy (non-hydrogen) atoms. The van der Waals surface area contributed by atoms with Crippen molar-refractivity contribution in [3.05, 3.63) is 106 Å². The minimum absolute atomic E-state index is 0.107. The monoisotopic (exact) mass is 502 g/mol. The Bertz CT molecular complexity index is 1400. The lowest BCUT2D eigenvalue weighted by molar-refractivity contribution is 0.415. The summed E-state index contributed by atoms with van der Waals surface area (Å²) in [4.78, 5) is 6.85. The Morgan fingerprint density at radius 1 is 1.00 bits per heavy atom. The Labute approximate surface area is 216 Å². The number of aryl methyl sites for hydroxylation is 1. The highest BCUT2D eigenvalue weighted by molar-refractivity contribution is 7.80. The molecule has 1 aliphatic rings. The number of halogens is 1. The van der Waals surface area contributed by atoms with Gasteiger partial charge in [-0.05, 0) is 86.6 Å². The number of rotatable bonds is 5. The van der Waals surface area contributed by atoms with Gasteiger partial charge < -0.3 is 19.5 Å². The molecule has 7 heteroatoms. The first-order valence-electron chi connectivity index (χ1n) is 11.5. The molecule has 1 aliphatic heterocycles. The molecule has 178 valence electrons. The number of nitrogens with one attached hydrogen (secondary N) is 1. The van der Waals surface area contributed by atoms with E-state index in [-0.39, 0.29) is 12.1 Å². The number of anilines is 1. The molecule has 4 aromatic rings. The lowest BCUT2D eigenvalue weighted by atomic mass is 9.96. The fourth-order valence-electron chi connectivity index (χ4n) is 5.01. The van der Waals surface area contributed by atoms with Crippen LogP contribution in [0.3, 0.4) is 0 Å². The molecule has 5 rings (SSSR count). The summed E-state index contributed by atoms with van der Waals surface area (Å²) < 4.78 is 7.79. The van der Waals surface area contributed by atoms with E-state index >= 15 is 0 Å². The molecule has 2 aromatic carbocycles. The molecule has 5 nitrogen and oxygen atoms in total. The Morgan fingerprint density at radius 3 is 2.54 bits per heavy atom. The van der Waals surface area contributed by atoms with Crippen molar-refractivity contribution in [3.63, 3.8) is 0 Å². The summed E-state index contributed by atoms with van der Waals surface area (Å²) in [5, 5.41) is 4.95. The summed E-state index contributed by atoms with van der Waals surface area (Å²) in [5.74, 6) is 0.783. The third-order valence-corrected chi connectivity index (χ3v) is 7.42. The maximum atomic E-state index is 6.49. The van der Waals surface area contributed by atoms with Gasteiger partial charge >= 0.3 is 0 Å². The van der Waals surface area contributed by atoms with Crippen LogP contribution in [0.2, 0.25) is 5.02 Å². The van der Waals surface area contributed by atoms with Gasteiger partial charge in [0.2, 0.25) is 0 Å². The van der Waals surface area contributed by atoms with Gasteiger partial charge in [0.25, 0.3) is 0 Å². The highest BCUT2D eigenvalue weighted by Crippen LogP contribution is 2.44.